The summed E-state index contributed by atoms with van der Waals surface area (Å²) < 4.78 is 2.56. The van der Waals surface area contributed by atoms with Gasteiger partial charge in [-0.3, -0.25) is 0 Å². The Morgan fingerprint density at radius 2 is 0.955 bits per heavy atom. The molecule has 2 nitrogen and oxygen atoms in total. The monoisotopic (exact) mass is 322 g/mol. The molecule has 108 valence electrons. The number of thiophene rings is 2. The van der Waals surface area contributed by atoms with Crippen molar-refractivity contribution in [1.29, 1.82) is 0 Å². The largest absolute Gasteiger partial charge is 0.398 e. The molecule has 2 heterocycles. The van der Waals surface area contributed by atoms with Crippen molar-refractivity contribution >= 4 is 43.4 Å². The highest BCUT2D eigenvalue weighted by Gasteiger charge is 2.15. The molecule has 0 aliphatic heterocycles. The van der Waals surface area contributed by atoms with Crippen molar-refractivity contribution in [3.63, 3.8) is 0 Å². The molecular formula is C18H14N2S2. The molecule has 0 fully saturated rings. The predicted octanol–water partition coefficient (Wildman–Crippen LogP) is 5.46. The third-order valence-corrected chi connectivity index (χ3v) is 5.94. The molecular weight excluding hydrogens is 308 g/mol. The Kier molecular flexibility index (Phi) is 3.13. The fourth-order valence-electron chi connectivity index (χ4n) is 2.68. The molecule has 0 amide bonds. The molecule has 2 aromatic carbocycles. The van der Waals surface area contributed by atoms with E-state index >= 15 is 0 Å². The average molecular weight is 322 g/mol. The first-order chi connectivity index (χ1) is 10.8. The fourth-order valence-corrected chi connectivity index (χ4v) is 5.10. The Balaban J connectivity index is 1.93. The summed E-state index contributed by atoms with van der Waals surface area (Å²) in [7, 11) is 0. The Morgan fingerprint density at radius 3 is 1.36 bits per heavy atom. The summed E-state index contributed by atoms with van der Waals surface area (Å²) in [6.45, 7) is 0. The molecule has 2 aromatic heterocycles. The van der Waals surface area contributed by atoms with Gasteiger partial charge in [0.2, 0.25) is 0 Å². The second-order valence-electron chi connectivity index (χ2n) is 5.13. The number of hydrogen-bond acceptors (Lipinski definition) is 4. The van der Waals surface area contributed by atoms with E-state index in [1.165, 1.54) is 20.5 Å². The maximum atomic E-state index is 6.13. The van der Waals surface area contributed by atoms with Gasteiger partial charge >= 0.3 is 0 Å². The van der Waals surface area contributed by atoms with Crippen molar-refractivity contribution in [1.82, 2.24) is 0 Å². The normalized spacial score (nSPS) is 11.1. The van der Waals surface area contributed by atoms with Crippen LogP contribution >= 0.6 is 22.7 Å². The lowest BCUT2D eigenvalue weighted by Gasteiger charge is -2.02. The number of nitrogens with two attached hydrogens (primary N) is 2. The molecule has 4 rings (SSSR count). The molecule has 0 unspecified atom stereocenters. The second kappa shape index (κ2) is 5.16. The van der Waals surface area contributed by atoms with Gasteiger partial charge in [-0.2, -0.15) is 0 Å². The molecule has 0 aliphatic rings. The highest BCUT2D eigenvalue weighted by atomic mass is 32.1. The Bertz CT molecular complexity index is 887. The van der Waals surface area contributed by atoms with Crippen LogP contribution in [0.1, 0.15) is 0 Å². The van der Waals surface area contributed by atoms with E-state index in [4.69, 9.17) is 11.5 Å². The zero-order valence-electron chi connectivity index (χ0n) is 11.7. The lowest BCUT2D eigenvalue weighted by atomic mass is 10.0. The summed E-state index contributed by atoms with van der Waals surface area (Å²) in [5, 5.41) is 4.38. The van der Waals surface area contributed by atoms with Crippen LogP contribution in [0.5, 0.6) is 0 Å². The van der Waals surface area contributed by atoms with Crippen molar-refractivity contribution in [2.75, 3.05) is 11.5 Å². The van der Waals surface area contributed by atoms with E-state index in [-0.39, 0.29) is 0 Å². The van der Waals surface area contributed by atoms with Crippen LogP contribution in [-0.4, -0.2) is 0 Å². The number of para-hydroxylation sites is 2. The van der Waals surface area contributed by atoms with Gasteiger partial charge in [-0.15, -0.1) is 22.7 Å². The Morgan fingerprint density at radius 1 is 0.545 bits per heavy atom. The fraction of sp³-hybridized carbons (Fsp3) is 0. The third-order valence-electron chi connectivity index (χ3n) is 3.79. The van der Waals surface area contributed by atoms with E-state index in [0.717, 1.165) is 22.5 Å². The molecule has 0 radical (unpaired) electrons. The molecule has 0 saturated carbocycles. The van der Waals surface area contributed by atoms with Gasteiger partial charge in [0.15, 0.2) is 0 Å². The minimum atomic E-state index is 0.816. The van der Waals surface area contributed by atoms with Crippen molar-refractivity contribution < 1.29 is 0 Å². The number of fused-ring (bicyclic) bond motifs is 1. The zero-order valence-corrected chi connectivity index (χ0v) is 13.4. The predicted molar refractivity (Wildman–Crippen MR) is 99.4 cm³/mol. The van der Waals surface area contributed by atoms with Crippen LogP contribution in [0.3, 0.4) is 0 Å². The smallest absolute Gasteiger partial charge is 0.0536 e. The summed E-state index contributed by atoms with van der Waals surface area (Å²) in [6, 6.07) is 16.0. The highest BCUT2D eigenvalue weighted by Crippen LogP contribution is 2.45. The molecule has 4 N–H and O–H groups in total. The van der Waals surface area contributed by atoms with Crippen LogP contribution in [0.25, 0.3) is 31.7 Å². The standard InChI is InChI=1S/C18H14N2S2/c19-15-7-3-1-5-11(15)13-9-21-18-14(10-22-17(13)18)12-6-2-4-8-16(12)20/h1-10H,19-20H2. The van der Waals surface area contributed by atoms with Gasteiger partial charge in [-0.05, 0) is 12.1 Å². The summed E-state index contributed by atoms with van der Waals surface area (Å²) in [5.74, 6) is 0. The van der Waals surface area contributed by atoms with Crippen molar-refractivity contribution in [2.24, 2.45) is 0 Å². The third kappa shape index (κ3) is 2.00. The maximum absolute atomic E-state index is 6.13. The number of rotatable bonds is 2. The quantitative estimate of drug-likeness (QED) is 0.481. The van der Waals surface area contributed by atoms with Crippen molar-refractivity contribution in [3.8, 4) is 22.3 Å². The molecule has 0 bridgehead atoms. The second-order valence-corrected chi connectivity index (χ2v) is 6.89. The lowest BCUT2D eigenvalue weighted by Crippen LogP contribution is -1.87. The van der Waals surface area contributed by atoms with E-state index < -0.39 is 0 Å². The SMILES string of the molecule is Nc1ccccc1-c1csc2c(-c3ccccc3N)csc12. The van der Waals surface area contributed by atoms with Crippen molar-refractivity contribution in [3.05, 3.63) is 59.3 Å². The summed E-state index contributed by atoms with van der Waals surface area (Å²) in [4.78, 5) is 0. The zero-order chi connectivity index (χ0) is 15.1. The number of anilines is 2. The van der Waals surface area contributed by atoms with Gasteiger partial charge < -0.3 is 11.5 Å². The van der Waals surface area contributed by atoms with Crippen LogP contribution in [0.15, 0.2) is 59.3 Å². The summed E-state index contributed by atoms with van der Waals surface area (Å²) in [6.07, 6.45) is 0. The van der Waals surface area contributed by atoms with Crippen LogP contribution < -0.4 is 11.5 Å². The van der Waals surface area contributed by atoms with Gasteiger partial charge in [-0.25, -0.2) is 0 Å². The molecule has 22 heavy (non-hydrogen) atoms. The van der Waals surface area contributed by atoms with Crippen LogP contribution in [0, 0.1) is 0 Å². The highest BCUT2D eigenvalue weighted by molar-refractivity contribution is 7.27. The topological polar surface area (TPSA) is 52.0 Å². The Hall–Kier alpha value is -2.30. The van der Waals surface area contributed by atoms with Gasteiger partial charge in [0.05, 0.1) is 9.40 Å². The molecule has 0 saturated heterocycles. The first-order valence-electron chi connectivity index (χ1n) is 6.94. The van der Waals surface area contributed by atoms with Crippen LogP contribution in [0.4, 0.5) is 11.4 Å². The maximum Gasteiger partial charge on any atom is 0.0536 e. The van der Waals surface area contributed by atoms with E-state index in [1.54, 1.807) is 22.7 Å². The van der Waals surface area contributed by atoms with Crippen molar-refractivity contribution in [2.45, 2.75) is 0 Å². The molecule has 0 aliphatic carbocycles. The van der Waals surface area contributed by atoms with Gasteiger partial charge in [-0.1, -0.05) is 36.4 Å². The Labute approximate surface area is 136 Å². The van der Waals surface area contributed by atoms with Crippen LogP contribution in [-0.2, 0) is 0 Å². The molecule has 4 heteroatoms. The number of nitrogen functional groups attached to an aromatic ring is 2. The number of hydrogen-bond donors (Lipinski definition) is 2. The summed E-state index contributed by atoms with van der Waals surface area (Å²) in [5.41, 5.74) is 18.5. The van der Waals surface area contributed by atoms with Crippen LogP contribution in [0.2, 0.25) is 0 Å². The van der Waals surface area contributed by atoms with Gasteiger partial charge in [0.1, 0.15) is 0 Å². The number of benzene rings is 2. The first-order valence-corrected chi connectivity index (χ1v) is 8.70. The van der Waals surface area contributed by atoms with E-state index in [1.807, 2.05) is 36.4 Å². The molecule has 0 atom stereocenters. The first kappa shape index (κ1) is 13.4. The van der Waals surface area contributed by atoms with E-state index in [0.29, 0.717) is 0 Å². The van der Waals surface area contributed by atoms with E-state index in [2.05, 4.69) is 22.9 Å². The average Bonchev–Trinajstić information content (AvgIpc) is 3.10. The molecule has 0 spiro atoms. The summed E-state index contributed by atoms with van der Waals surface area (Å²) >= 11 is 3.51. The lowest BCUT2D eigenvalue weighted by molar-refractivity contribution is 1.67. The molecule has 4 aromatic rings. The minimum Gasteiger partial charge on any atom is -0.398 e. The van der Waals surface area contributed by atoms with E-state index in [9.17, 15) is 0 Å². The minimum absolute atomic E-state index is 0.816. The van der Waals surface area contributed by atoms with Gasteiger partial charge in [0, 0.05) is 44.4 Å². The van der Waals surface area contributed by atoms with Gasteiger partial charge in [0.25, 0.3) is 0 Å².